The standard InChI is InChI=1S/C28H22ClN3O8S/c1-14-24(27(34)39-4)25(19-11-15(29)5-9-20(19)37-2)31-26(33)23(41-28(31)30-14)13-17-7-10-21(40-17)18-8-6-16(32(35)36)12-22(18)38-3/h5-13,25H,1-4H3/b23-13-/t25-/m0/s1. The highest BCUT2D eigenvalue weighted by Gasteiger charge is 2.35. The van der Waals surface area contributed by atoms with Crippen LogP contribution in [0.3, 0.4) is 0 Å². The molecule has 0 spiro atoms. The molecule has 210 valence electrons. The fourth-order valence-corrected chi connectivity index (χ4v) is 5.81. The zero-order valence-electron chi connectivity index (χ0n) is 22.2. The Hall–Kier alpha value is -4.68. The second-order valence-corrected chi connectivity index (χ2v) is 10.2. The highest BCUT2D eigenvalue weighted by Crippen LogP contribution is 2.37. The molecule has 2 aromatic heterocycles. The summed E-state index contributed by atoms with van der Waals surface area (Å²) in [5, 5.41) is 11.5. The van der Waals surface area contributed by atoms with E-state index in [9.17, 15) is 19.7 Å². The van der Waals surface area contributed by atoms with Crippen LogP contribution in [-0.4, -0.2) is 36.8 Å². The number of halogens is 1. The number of aromatic nitrogens is 1. The van der Waals surface area contributed by atoms with Crippen molar-refractivity contribution in [2.45, 2.75) is 13.0 Å². The van der Waals surface area contributed by atoms with Gasteiger partial charge in [-0.05, 0) is 43.3 Å². The summed E-state index contributed by atoms with van der Waals surface area (Å²) < 4.78 is 23.6. The molecule has 0 radical (unpaired) electrons. The molecule has 1 aliphatic heterocycles. The van der Waals surface area contributed by atoms with Gasteiger partial charge in [0.25, 0.3) is 11.2 Å². The summed E-state index contributed by atoms with van der Waals surface area (Å²) in [6, 6.07) is 11.6. The number of methoxy groups -OCH3 is 3. The Morgan fingerprint density at radius 1 is 1.12 bits per heavy atom. The van der Waals surface area contributed by atoms with Gasteiger partial charge in [-0.3, -0.25) is 19.5 Å². The lowest BCUT2D eigenvalue weighted by Crippen LogP contribution is -2.40. The number of nitro benzene ring substituents is 1. The first-order chi connectivity index (χ1) is 19.7. The van der Waals surface area contributed by atoms with Crippen LogP contribution < -0.4 is 24.4 Å². The van der Waals surface area contributed by atoms with Gasteiger partial charge in [-0.2, -0.15) is 0 Å². The van der Waals surface area contributed by atoms with E-state index in [1.165, 1.54) is 44.1 Å². The molecule has 0 bridgehead atoms. The summed E-state index contributed by atoms with van der Waals surface area (Å²) in [5.41, 5.74) is 1.03. The molecule has 0 saturated carbocycles. The van der Waals surface area contributed by atoms with Crippen molar-refractivity contribution in [3.63, 3.8) is 0 Å². The van der Waals surface area contributed by atoms with Gasteiger partial charge in [-0.1, -0.05) is 22.9 Å². The van der Waals surface area contributed by atoms with Crippen LogP contribution in [0.4, 0.5) is 5.69 Å². The molecule has 2 aromatic carbocycles. The molecule has 5 rings (SSSR count). The van der Waals surface area contributed by atoms with Crippen molar-refractivity contribution in [2.75, 3.05) is 21.3 Å². The first kappa shape index (κ1) is 27.9. The number of fused-ring (bicyclic) bond motifs is 1. The van der Waals surface area contributed by atoms with Gasteiger partial charge in [0.2, 0.25) is 0 Å². The van der Waals surface area contributed by atoms with Crippen LogP contribution in [0.5, 0.6) is 11.5 Å². The number of nitro groups is 1. The van der Waals surface area contributed by atoms with Crippen molar-refractivity contribution in [3.05, 3.63) is 106 Å². The third-order valence-electron chi connectivity index (χ3n) is 6.47. The van der Waals surface area contributed by atoms with Crippen molar-refractivity contribution in [1.29, 1.82) is 0 Å². The van der Waals surface area contributed by atoms with E-state index in [1.807, 2.05) is 0 Å². The SMILES string of the molecule is COC(=O)C1=C(C)N=c2s/c(=C\c3ccc(-c4ccc([N+](=O)[O-])cc4OC)o3)c(=O)n2[C@H]1c1cc(Cl)ccc1OC. The Balaban J connectivity index is 1.65. The zero-order valence-corrected chi connectivity index (χ0v) is 23.7. The van der Waals surface area contributed by atoms with Crippen LogP contribution in [0.25, 0.3) is 17.4 Å². The Kier molecular flexibility index (Phi) is 7.52. The molecule has 0 saturated heterocycles. The molecule has 0 fully saturated rings. The lowest BCUT2D eigenvalue weighted by molar-refractivity contribution is -0.384. The van der Waals surface area contributed by atoms with E-state index >= 15 is 0 Å². The van der Waals surface area contributed by atoms with E-state index < -0.39 is 22.5 Å². The number of carbonyl (C=O) groups is 1. The molecular weight excluding hydrogens is 574 g/mol. The van der Waals surface area contributed by atoms with Crippen LogP contribution >= 0.6 is 22.9 Å². The summed E-state index contributed by atoms with van der Waals surface area (Å²) in [6.45, 7) is 1.67. The number of hydrogen-bond acceptors (Lipinski definition) is 10. The predicted molar refractivity (Wildman–Crippen MR) is 151 cm³/mol. The average molecular weight is 596 g/mol. The normalized spacial score (nSPS) is 14.9. The van der Waals surface area contributed by atoms with Crippen molar-refractivity contribution >= 4 is 40.7 Å². The molecule has 41 heavy (non-hydrogen) atoms. The molecule has 0 amide bonds. The number of esters is 1. The van der Waals surface area contributed by atoms with E-state index in [-0.39, 0.29) is 17.0 Å². The van der Waals surface area contributed by atoms with Crippen LogP contribution in [0, 0.1) is 10.1 Å². The number of allylic oxidation sites excluding steroid dienone is 1. The van der Waals surface area contributed by atoms with Gasteiger partial charge < -0.3 is 18.6 Å². The molecule has 0 aliphatic carbocycles. The lowest BCUT2D eigenvalue weighted by Gasteiger charge is -2.25. The lowest BCUT2D eigenvalue weighted by atomic mass is 9.95. The minimum atomic E-state index is -0.911. The van der Waals surface area contributed by atoms with E-state index in [1.54, 1.807) is 43.3 Å². The molecule has 13 heteroatoms. The molecule has 1 atom stereocenters. The van der Waals surface area contributed by atoms with Crippen molar-refractivity contribution < 1.29 is 28.3 Å². The maximum atomic E-state index is 13.8. The molecule has 11 nitrogen and oxygen atoms in total. The zero-order chi connectivity index (χ0) is 29.4. The fourth-order valence-electron chi connectivity index (χ4n) is 4.61. The van der Waals surface area contributed by atoms with Crippen LogP contribution in [0.15, 0.2) is 74.0 Å². The summed E-state index contributed by atoms with van der Waals surface area (Å²) in [7, 11) is 4.15. The van der Waals surface area contributed by atoms with Crippen LogP contribution in [0.2, 0.25) is 5.02 Å². The largest absolute Gasteiger partial charge is 0.496 e. The first-order valence-electron chi connectivity index (χ1n) is 12.0. The third-order valence-corrected chi connectivity index (χ3v) is 7.69. The van der Waals surface area contributed by atoms with Gasteiger partial charge in [-0.15, -0.1) is 0 Å². The number of thiazole rings is 1. The number of benzene rings is 2. The Morgan fingerprint density at radius 2 is 1.88 bits per heavy atom. The van der Waals surface area contributed by atoms with E-state index in [0.29, 0.717) is 48.5 Å². The highest BCUT2D eigenvalue weighted by molar-refractivity contribution is 7.07. The van der Waals surface area contributed by atoms with E-state index in [0.717, 1.165) is 11.3 Å². The quantitative estimate of drug-likeness (QED) is 0.176. The number of ether oxygens (including phenoxy) is 3. The Morgan fingerprint density at radius 3 is 2.56 bits per heavy atom. The molecule has 0 unspecified atom stereocenters. The second kappa shape index (κ2) is 11.1. The predicted octanol–water partition coefficient (Wildman–Crippen LogP) is 4.25. The minimum Gasteiger partial charge on any atom is -0.496 e. The van der Waals surface area contributed by atoms with Crippen molar-refractivity contribution in [3.8, 4) is 22.8 Å². The molecule has 3 heterocycles. The Labute approximate surface area is 241 Å². The van der Waals surface area contributed by atoms with Crippen molar-refractivity contribution in [1.82, 2.24) is 4.57 Å². The molecule has 4 aromatic rings. The number of rotatable bonds is 7. The monoisotopic (exact) mass is 595 g/mol. The van der Waals surface area contributed by atoms with Gasteiger partial charge >= 0.3 is 5.97 Å². The summed E-state index contributed by atoms with van der Waals surface area (Å²) in [4.78, 5) is 42.3. The molecule has 1 aliphatic rings. The van der Waals surface area contributed by atoms with Gasteiger partial charge in [0, 0.05) is 22.7 Å². The van der Waals surface area contributed by atoms with Gasteiger partial charge in [0.15, 0.2) is 4.80 Å². The topological polar surface area (TPSA) is 135 Å². The number of non-ortho nitro benzene ring substituents is 1. The number of hydrogen-bond donors (Lipinski definition) is 0. The third kappa shape index (κ3) is 5.03. The smallest absolute Gasteiger partial charge is 0.338 e. The first-order valence-corrected chi connectivity index (χ1v) is 13.2. The maximum absolute atomic E-state index is 13.8. The van der Waals surface area contributed by atoms with E-state index in [4.69, 9.17) is 30.2 Å². The second-order valence-electron chi connectivity index (χ2n) is 8.80. The van der Waals surface area contributed by atoms with Crippen molar-refractivity contribution in [2.24, 2.45) is 4.99 Å². The number of carbonyl (C=O) groups excluding carboxylic acids is 1. The molecular formula is C28H22ClN3O8S. The van der Waals surface area contributed by atoms with Gasteiger partial charge in [-0.25, -0.2) is 9.79 Å². The van der Waals surface area contributed by atoms with E-state index in [2.05, 4.69) is 4.99 Å². The summed E-state index contributed by atoms with van der Waals surface area (Å²) in [5.74, 6) is 0.798. The minimum absolute atomic E-state index is 0.119. The summed E-state index contributed by atoms with van der Waals surface area (Å²) >= 11 is 7.44. The number of nitrogens with zero attached hydrogens (tertiary/aromatic N) is 3. The summed E-state index contributed by atoms with van der Waals surface area (Å²) in [6.07, 6.45) is 1.56. The van der Waals surface area contributed by atoms with Gasteiger partial charge in [0.1, 0.15) is 29.1 Å². The molecule has 0 N–H and O–H groups in total. The fraction of sp³-hybridized carbons (Fsp3) is 0.179. The van der Waals surface area contributed by atoms with Gasteiger partial charge in [0.05, 0.1) is 53.7 Å². The van der Waals surface area contributed by atoms with Crippen LogP contribution in [-0.2, 0) is 9.53 Å². The maximum Gasteiger partial charge on any atom is 0.338 e. The number of furan rings is 1. The average Bonchev–Trinajstić information content (AvgIpc) is 3.55. The van der Waals surface area contributed by atoms with Crippen LogP contribution in [0.1, 0.15) is 24.3 Å². The highest BCUT2D eigenvalue weighted by atomic mass is 35.5. The Bertz CT molecular complexity index is 1920.